The molecule has 6 rings (SSSR count). The maximum atomic E-state index is 13.6. The number of fused-ring (bicyclic) bond motifs is 3. The highest BCUT2D eigenvalue weighted by Gasteiger charge is 2.35. The topological polar surface area (TPSA) is 126 Å². The number of aliphatic hydroxyl groups is 1. The van der Waals surface area contributed by atoms with Crippen molar-refractivity contribution < 1.29 is 14.7 Å². The molecule has 0 spiro atoms. The summed E-state index contributed by atoms with van der Waals surface area (Å²) in [6, 6.07) is 13.0. The number of amides is 2. The third-order valence-electron chi connectivity index (χ3n) is 7.26. The lowest BCUT2D eigenvalue weighted by atomic mass is 10.0. The number of piperazine rings is 1. The van der Waals surface area contributed by atoms with Crippen LogP contribution in [0.3, 0.4) is 0 Å². The van der Waals surface area contributed by atoms with Crippen LogP contribution in [-0.4, -0.2) is 77.5 Å². The molecule has 10 nitrogen and oxygen atoms in total. The van der Waals surface area contributed by atoms with Gasteiger partial charge in [-0.25, -0.2) is 9.80 Å². The predicted octanol–water partition coefficient (Wildman–Crippen LogP) is 2.19. The number of aromatic nitrogens is 2. The first-order valence-electron chi connectivity index (χ1n) is 12.4. The van der Waals surface area contributed by atoms with Gasteiger partial charge in [-0.15, -0.1) is 0 Å². The van der Waals surface area contributed by atoms with E-state index in [9.17, 15) is 14.7 Å². The molecule has 3 aromatic rings. The molecule has 1 aromatic heterocycles. The van der Waals surface area contributed by atoms with Gasteiger partial charge in [-0.1, -0.05) is 24.3 Å². The van der Waals surface area contributed by atoms with Crippen LogP contribution < -0.4 is 21.0 Å². The number of nitrogens with zero attached hydrogens (tertiary/aromatic N) is 3. The van der Waals surface area contributed by atoms with E-state index < -0.39 is 6.03 Å². The minimum atomic E-state index is -0.436. The van der Waals surface area contributed by atoms with Gasteiger partial charge in [0.1, 0.15) is 5.69 Å². The van der Waals surface area contributed by atoms with Crippen LogP contribution in [0.2, 0.25) is 0 Å². The number of carbonyl (C=O) groups is 2. The average molecular weight is 488 g/mol. The lowest BCUT2D eigenvalue weighted by Gasteiger charge is -2.29. The van der Waals surface area contributed by atoms with E-state index in [1.807, 2.05) is 24.3 Å². The SMILES string of the molecule is O=C(Nc1cccc2c1C(=O)c1c(-c3ccc(N4CCNCC4)cc3)n[nH]c1-2)NN1CCC[C@@H]1CO. The summed E-state index contributed by atoms with van der Waals surface area (Å²) < 4.78 is 0. The van der Waals surface area contributed by atoms with Gasteiger partial charge in [0.2, 0.25) is 0 Å². The molecule has 1 aliphatic carbocycles. The van der Waals surface area contributed by atoms with Crippen molar-refractivity contribution in [3.63, 3.8) is 0 Å². The lowest BCUT2D eigenvalue weighted by molar-refractivity contribution is 0.104. The average Bonchev–Trinajstić information content (AvgIpc) is 3.61. The number of aliphatic hydroxyl groups excluding tert-OH is 1. The van der Waals surface area contributed by atoms with Crippen LogP contribution in [0, 0.1) is 0 Å². The number of hydrogen-bond donors (Lipinski definition) is 5. The zero-order valence-corrected chi connectivity index (χ0v) is 19.9. The van der Waals surface area contributed by atoms with Crippen LogP contribution in [0.1, 0.15) is 28.8 Å². The summed E-state index contributed by atoms with van der Waals surface area (Å²) in [4.78, 5) is 28.7. The van der Waals surface area contributed by atoms with Gasteiger partial charge in [-0.05, 0) is 31.0 Å². The Morgan fingerprint density at radius 3 is 2.67 bits per heavy atom. The largest absolute Gasteiger partial charge is 0.395 e. The van der Waals surface area contributed by atoms with E-state index in [2.05, 4.69) is 43.3 Å². The van der Waals surface area contributed by atoms with Gasteiger partial charge in [-0.2, -0.15) is 5.10 Å². The Labute approximate surface area is 208 Å². The van der Waals surface area contributed by atoms with E-state index >= 15 is 0 Å². The van der Waals surface area contributed by atoms with E-state index in [1.54, 1.807) is 11.1 Å². The van der Waals surface area contributed by atoms with Gasteiger partial charge in [0.15, 0.2) is 5.78 Å². The van der Waals surface area contributed by atoms with Gasteiger partial charge in [0.05, 0.1) is 35.2 Å². The fraction of sp³-hybridized carbons (Fsp3) is 0.346. The first kappa shape index (κ1) is 22.7. The van der Waals surface area contributed by atoms with Crippen molar-refractivity contribution in [1.82, 2.24) is 25.9 Å². The van der Waals surface area contributed by atoms with E-state index in [-0.39, 0.29) is 18.4 Å². The van der Waals surface area contributed by atoms with Gasteiger partial charge < -0.3 is 20.6 Å². The normalized spacial score (nSPS) is 19.3. The number of urea groups is 1. The molecule has 3 heterocycles. The number of ketones is 1. The zero-order valence-electron chi connectivity index (χ0n) is 19.9. The highest BCUT2D eigenvalue weighted by molar-refractivity contribution is 6.26. The number of hydrazine groups is 1. The quantitative estimate of drug-likeness (QED) is 0.292. The highest BCUT2D eigenvalue weighted by atomic mass is 16.3. The Balaban J connectivity index is 1.24. The first-order chi connectivity index (χ1) is 17.6. The molecule has 36 heavy (non-hydrogen) atoms. The van der Waals surface area contributed by atoms with Crippen molar-refractivity contribution in [3.05, 3.63) is 53.6 Å². The van der Waals surface area contributed by atoms with Crippen LogP contribution in [0.15, 0.2) is 42.5 Å². The van der Waals surface area contributed by atoms with Crippen molar-refractivity contribution in [2.24, 2.45) is 0 Å². The fourth-order valence-electron chi connectivity index (χ4n) is 5.41. The number of anilines is 2. The number of H-pyrrole nitrogens is 1. The Bertz CT molecular complexity index is 1300. The van der Waals surface area contributed by atoms with Crippen LogP contribution >= 0.6 is 0 Å². The van der Waals surface area contributed by atoms with Crippen LogP contribution in [0.5, 0.6) is 0 Å². The molecular weight excluding hydrogens is 458 g/mol. The Morgan fingerprint density at radius 2 is 1.89 bits per heavy atom. The molecule has 1 atom stereocenters. The number of hydrogen-bond acceptors (Lipinski definition) is 7. The van der Waals surface area contributed by atoms with Crippen molar-refractivity contribution >= 4 is 23.2 Å². The summed E-state index contributed by atoms with van der Waals surface area (Å²) in [5.74, 6) is -0.166. The minimum Gasteiger partial charge on any atom is -0.395 e. The summed E-state index contributed by atoms with van der Waals surface area (Å²) >= 11 is 0. The second-order valence-electron chi connectivity index (χ2n) is 9.40. The molecule has 2 fully saturated rings. The highest BCUT2D eigenvalue weighted by Crippen LogP contribution is 2.43. The van der Waals surface area contributed by atoms with E-state index in [0.29, 0.717) is 34.7 Å². The Morgan fingerprint density at radius 1 is 1.08 bits per heavy atom. The molecular formula is C26H29N7O3. The second kappa shape index (κ2) is 9.38. The zero-order chi connectivity index (χ0) is 24.6. The van der Waals surface area contributed by atoms with Crippen molar-refractivity contribution in [1.29, 1.82) is 0 Å². The minimum absolute atomic E-state index is 0.0137. The summed E-state index contributed by atoms with van der Waals surface area (Å²) in [6.07, 6.45) is 1.74. The van der Waals surface area contributed by atoms with Crippen LogP contribution in [0.25, 0.3) is 22.5 Å². The molecule has 2 aromatic carbocycles. The molecule has 10 heteroatoms. The van der Waals surface area contributed by atoms with Crippen LogP contribution in [-0.2, 0) is 0 Å². The standard InChI is InChI=1S/C26H29N7O3/c34-15-18-3-2-12-33(18)31-26(36)28-20-5-1-4-19-21(20)25(35)22-23(29-30-24(19)22)16-6-8-17(9-7-16)32-13-10-27-11-14-32/h1,4-9,18,27,34H,2-3,10-15H2,(H,29,30)(H2,28,31,36)/t18-/m1/s1. The molecule has 0 radical (unpaired) electrons. The summed E-state index contributed by atoms with van der Waals surface area (Å²) in [5, 5.41) is 25.0. The van der Waals surface area contributed by atoms with Crippen molar-refractivity contribution in [2.75, 3.05) is 49.5 Å². The number of carbonyl (C=O) groups excluding carboxylic acids is 2. The number of rotatable bonds is 5. The Hall–Kier alpha value is -3.73. The molecule has 0 saturated carbocycles. The number of benzene rings is 2. The van der Waals surface area contributed by atoms with Gasteiger partial charge >= 0.3 is 6.03 Å². The van der Waals surface area contributed by atoms with Crippen molar-refractivity contribution in [2.45, 2.75) is 18.9 Å². The molecule has 186 valence electrons. The molecule has 0 unspecified atom stereocenters. The number of nitrogens with one attached hydrogen (secondary N) is 4. The fourth-order valence-corrected chi connectivity index (χ4v) is 5.41. The molecule has 0 bridgehead atoms. The maximum Gasteiger partial charge on any atom is 0.333 e. The maximum absolute atomic E-state index is 13.6. The first-order valence-corrected chi connectivity index (χ1v) is 12.4. The number of aromatic amines is 1. The van der Waals surface area contributed by atoms with Crippen molar-refractivity contribution in [3.8, 4) is 22.5 Å². The van der Waals surface area contributed by atoms with Gasteiger partial charge in [0.25, 0.3) is 0 Å². The monoisotopic (exact) mass is 487 g/mol. The molecule has 2 aliphatic heterocycles. The molecule has 3 aliphatic rings. The third kappa shape index (κ3) is 3.93. The second-order valence-corrected chi connectivity index (χ2v) is 9.40. The summed E-state index contributed by atoms with van der Waals surface area (Å²) in [7, 11) is 0. The molecule has 5 N–H and O–H groups in total. The van der Waals surface area contributed by atoms with E-state index in [4.69, 9.17) is 0 Å². The molecule has 2 saturated heterocycles. The molecule has 2 amide bonds. The van der Waals surface area contributed by atoms with Gasteiger partial charge in [0, 0.05) is 49.5 Å². The summed E-state index contributed by atoms with van der Waals surface area (Å²) in [6.45, 7) is 4.53. The van der Waals surface area contributed by atoms with E-state index in [0.717, 1.165) is 55.8 Å². The van der Waals surface area contributed by atoms with E-state index in [1.165, 1.54) is 0 Å². The van der Waals surface area contributed by atoms with Crippen LogP contribution in [0.4, 0.5) is 16.2 Å². The summed E-state index contributed by atoms with van der Waals surface area (Å²) in [5.41, 5.74) is 8.24. The smallest absolute Gasteiger partial charge is 0.333 e. The predicted molar refractivity (Wildman–Crippen MR) is 137 cm³/mol. The Kier molecular flexibility index (Phi) is 5.92. The third-order valence-corrected chi connectivity index (χ3v) is 7.26. The lowest BCUT2D eigenvalue weighted by Crippen LogP contribution is -2.48. The van der Waals surface area contributed by atoms with Gasteiger partial charge in [-0.3, -0.25) is 15.3 Å².